The van der Waals surface area contributed by atoms with Crippen LogP contribution < -0.4 is 11.1 Å². The standard InChI is InChI=1S/C20H19F2N5O3/c1-3-12(10-26-14-6-4-5-7-16(14)30-20(26)29)25-19(28)13-9-23-27-15(17(21)22)8-11(2)24-18(13)27/h4-9,12,17H,3,10H2,1-2H3,(H,25,28)/t12-/m1/s1. The van der Waals surface area contributed by atoms with Crippen molar-refractivity contribution < 1.29 is 18.0 Å². The van der Waals surface area contributed by atoms with Gasteiger partial charge in [0.2, 0.25) is 0 Å². The molecule has 1 amide bonds. The number of aryl methyl sites for hydroxylation is 1. The zero-order chi connectivity index (χ0) is 21.4. The maximum atomic E-state index is 13.3. The van der Waals surface area contributed by atoms with Crippen LogP contribution in [0.2, 0.25) is 0 Å². The number of para-hydroxylation sites is 2. The molecule has 0 saturated heterocycles. The number of aromatic nitrogens is 4. The summed E-state index contributed by atoms with van der Waals surface area (Å²) in [5.74, 6) is -1.02. The summed E-state index contributed by atoms with van der Waals surface area (Å²) in [6.07, 6.45) is -1.00. The molecular weight excluding hydrogens is 396 g/mol. The molecule has 0 bridgehead atoms. The number of oxazole rings is 1. The number of halogens is 2. The van der Waals surface area contributed by atoms with Crippen LogP contribution in [-0.4, -0.2) is 31.1 Å². The summed E-state index contributed by atoms with van der Waals surface area (Å²) in [5, 5.41) is 6.75. The summed E-state index contributed by atoms with van der Waals surface area (Å²) in [5.41, 5.74) is 1.26. The third-order valence-electron chi connectivity index (χ3n) is 4.90. The average molecular weight is 415 g/mol. The van der Waals surface area contributed by atoms with Crippen molar-refractivity contribution in [3.05, 3.63) is 64.0 Å². The van der Waals surface area contributed by atoms with Crippen molar-refractivity contribution >= 4 is 22.7 Å². The number of rotatable bonds is 6. The first-order valence-electron chi connectivity index (χ1n) is 9.41. The van der Waals surface area contributed by atoms with Gasteiger partial charge in [-0.05, 0) is 31.5 Å². The average Bonchev–Trinajstić information content (AvgIpc) is 3.27. The van der Waals surface area contributed by atoms with Crippen LogP contribution in [0, 0.1) is 6.92 Å². The van der Waals surface area contributed by atoms with Crippen LogP contribution in [0.4, 0.5) is 8.78 Å². The topological polar surface area (TPSA) is 94.4 Å². The summed E-state index contributed by atoms with van der Waals surface area (Å²) < 4.78 is 34.3. The van der Waals surface area contributed by atoms with E-state index < -0.39 is 24.1 Å². The second-order valence-corrected chi connectivity index (χ2v) is 6.94. The molecule has 0 aliphatic heterocycles. The van der Waals surface area contributed by atoms with Gasteiger partial charge in [0, 0.05) is 18.3 Å². The largest absolute Gasteiger partial charge is 0.420 e. The van der Waals surface area contributed by atoms with Crippen LogP contribution in [0.15, 0.2) is 45.7 Å². The van der Waals surface area contributed by atoms with Crippen LogP contribution >= 0.6 is 0 Å². The summed E-state index contributed by atoms with van der Waals surface area (Å²) in [6.45, 7) is 3.64. The second kappa shape index (κ2) is 7.69. The number of carbonyl (C=O) groups excluding carboxylic acids is 1. The van der Waals surface area contributed by atoms with Gasteiger partial charge in [-0.2, -0.15) is 5.10 Å². The number of nitrogens with one attached hydrogen (secondary N) is 1. The summed E-state index contributed by atoms with van der Waals surface area (Å²) in [4.78, 5) is 29.3. The van der Waals surface area contributed by atoms with Crippen LogP contribution in [0.1, 0.15) is 41.5 Å². The van der Waals surface area contributed by atoms with Crippen molar-refractivity contribution in [3.63, 3.8) is 0 Å². The molecule has 1 aromatic carbocycles. The highest BCUT2D eigenvalue weighted by Crippen LogP contribution is 2.22. The van der Waals surface area contributed by atoms with Crippen molar-refractivity contribution in [2.45, 2.75) is 39.3 Å². The van der Waals surface area contributed by atoms with E-state index in [4.69, 9.17) is 4.42 Å². The maximum absolute atomic E-state index is 13.3. The van der Waals surface area contributed by atoms with Gasteiger partial charge in [0.15, 0.2) is 11.2 Å². The monoisotopic (exact) mass is 415 g/mol. The van der Waals surface area contributed by atoms with Crippen LogP contribution in [-0.2, 0) is 6.54 Å². The molecule has 10 heteroatoms. The number of benzene rings is 1. The Morgan fingerprint density at radius 1 is 1.30 bits per heavy atom. The fourth-order valence-corrected chi connectivity index (χ4v) is 3.38. The van der Waals surface area contributed by atoms with Gasteiger partial charge in [0.1, 0.15) is 11.3 Å². The van der Waals surface area contributed by atoms with E-state index in [0.29, 0.717) is 23.2 Å². The van der Waals surface area contributed by atoms with E-state index in [0.717, 1.165) is 4.52 Å². The summed E-state index contributed by atoms with van der Waals surface area (Å²) >= 11 is 0. The molecular formula is C20H19F2N5O3. The molecule has 4 aromatic rings. The molecule has 0 radical (unpaired) electrons. The third kappa shape index (κ3) is 3.44. The van der Waals surface area contributed by atoms with Crippen molar-refractivity contribution in [3.8, 4) is 0 Å². The van der Waals surface area contributed by atoms with Crippen molar-refractivity contribution in [1.82, 2.24) is 24.5 Å². The lowest BCUT2D eigenvalue weighted by atomic mass is 10.2. The Bertz CT molecular complexity index is 1290. The van der Waals surface area contributed by atoms with Gasteiger partial charge in [-0.15, -0.1) is 0 Å². The van der Waals surface area contributed by atoms with E-state index in [2.05, 4.69) is 15.4 Å². The van der Waals surface area contributed by atoms with E-state index in [1.165, 1.54) is 16.8 Å². The predicted molar refractivity (Wildman–Crippen MR) is 105 cm³/mol. The number of hydrogen-bond acceptors (Lipinski definition) is 5. The van der Waals surface area contributed by atoms with Crippen molar-refractivity contribution in [2.24, 2.45) is 0 Å². The molecule has 4 rings (SSSR count). The predicted octanol–water partition coefficient (Wildman–Crippen LogP) is 3.09. The Kier molecular flexibility index (Phi) is 5.06. The Balaban J connectivity index is 1.62. The Morgan fingerprint density at radius 3 is 2.80 bits per heavy atom. The Morgan fingerprint density at radius 2 is 2.07 bits per heavy atom. The van der Waals surface area contributed by atoms with Gasteiger partial charge in [-0.1, -0.05) is 19.1 Å². The number of amides is 1. The molecule has 30 heavy (non-hydrogen) atoms. The fourth-order valence-electron chi connectivity index (χ4n) is 3.38. The normalized spacial score (nSPS) is 12.7. The smallest absolute Gasteiger partial charge is 0.408 e. The lowest BCUT2D eigenvalue weighted by molar-refractivity contribution is 0.0932. The Labute approximate surface area is 169 Å². The number of fused-ring (bicyclic) bond motifs is 2. The van der Waals surface area contributed by atoms with Crippen molar-refractivity contribution in [2.75, 3.05) is 0 Å². The highest BCUT2D eigenvalue weighted by molar-refractivity contribution is 5.99. The second-order valence-electron chi connectivity index (χ2n) is 6.94. The molecule has 0 unspecified atom stereocenters. The molecule has 0 saturated carbocycles. The van der Waals surface area contributed by atoms with Gasteiger partial charge < -0.3 is 9.73 Å². The molecule has 0 fully saturated rings. The molecule has 3 aromatic heterocycles. The number of carbonyl (C=O) groups is 1. The molecule has 1 N–H and O–H groups in total. The number of hydrogen-bond donors (Lipinski definition) is 1. The number of nitrogens with zero attached hydrogens (tertiary/aromatic N) is 4. The molecule has 3 heterocycles. The molecule has 0 spiro atoms. The SMILES string of the molecule is CC[C@H](Cn1c(=O)oc2ccccc21)NC(=O)c1cnn2c(C(F)F)cc(C)nc12. The minimum absolute atomic E-state index is 0.0589. The fraction of sp³-hybridized carbons (Fsp3) is 0.300. The summed E-state index contributed by atoms with van der Waals surface area (Å²) in [7, 11) is 0. The van der Waals surface area contributed by atoms with Crippen molar-refractivity contribution in [1.29, 1.82) is 0 Å². The van der Waals surface area contributed by atoms with E-state index in [1.807, 2.05) is 6.92 Å². The molecule has 0 aliphatic carbocycles. The molecule has 1 atom stereocenters. The molecule has 0 aliphatic rings. The highest BCUT2D eigenvalue weighted by atomic mass is 19.3. The van der Waals surface area contributed by atoms with Gasteiger partial charge in [-0.3, -0.25) is 9.36 Å². The lowest BCUT2D eigenvalue weighted by Crippen LogP contribution is -2.39. The zero-order valence-corrected chi connectivity index (χ0v) is 16.3. The summed E-state index contributed by atoms with van der Waals surface area (Å²) in [6, 6.07) is 7.85. The zero-order valence-electron chi connectivity index (χ0n) is 16.3. The first-order chi connectivity index (χ1) is 14.4. The maximum Gasteiger partial charge on any atom is 0.420 e. The van der Waals surface area contributed by atoms with Gasteiger partial charge in [0.25, 0.3) is 12.3 Å². The minimum Gasteiger partial charge on any atom is -0.408 e. The van der Waals surface area contributed by atoms with Gasteiger partial charge >= 0.3 is 5.76 Å². The van der Waals surface area contributed by atoms with Gasteiger partial charge in [-0.25, -0.2) is 23.1 Å². The van der Waals surface area contributed by atoms with Gasteiger partial charge in [0.05, 0.1) is 11.7 Å². The highest BCUT2D eigenvalue weighted by Gasteiger charge is 2.22. The Hall–Kier alpha value is -3.56. The van der Waals surface area contributed by atoms with Crippen LogP contribution in [0.25, 0.3) is 16.7 Å². The van der Waals surface area contributed by atoms with E-state index in [9.17, 15) is 18.4 Å². The molecule has 8 nitrogen and oxygen atoms in total. The lowest BCUT2D eigenvalue weighted by Gasteiger charge is -2.17. The number of alkyl halides is 2. The van der Waals surface area contributed by atoms with E-state index in [1.54, 1.807) is 31.2 Å². The van der Waals surface area contributed by atoms with E-state index in [-0.39, 0.29) is 23.4 Å². The van der Waals surface area contributed by atoms with E-state index >= 15 is 0 Å². The molecule has 156 valence electrons. The quantitative estimate of drug-likeness (QED) is 0.522. The van der Waals surface area contributed by atoms with Crippen LogP contribution in [0.5, 0.6) is 0 Å². The third-order valence-corrected chi connectivity index (χ3v) is 4.90. The minimum atomic E-state index is -2.75. The first-order valence-corrected chi connectivity index (χ1v) is 9.41. The first kappa shape index (κ1) is 19.7. The van der Waals surface area contributed by atoms with Crippen LogP contribution in [0.3, 0.4) is 0 Å².